The molecule has 0 saturated carbocycles. The predicted octanol–water partition coefficient (Wildman–Crippen LogP) is 1.97. The van der Waals surface area contributed by atoms with Crippen molar-refractivity contribution in [2.24, 2.45) is 7.05 Å². The number of hydrogen-bond donors (Lipinski definition) is 0. The second-order valence-corrected chi connectivity index (χ2v) is 5.37. The number of aryl methyl sites for hydroxylation is 1. The van der Waals surface area contributed by atoms with Gasteiger partial charge in [-0.15, -0.1) is 10.2 Å². The van der Waals surface area contributed by atoms with Gasteiger partial charge in [0, 0.05) is 26.1 Å². The fraction of sp³-hybridized carbons (Fsp3) is 0.400. The number of carbonyl (C=O) groups excluding carboxylic acids is 1. The minimum absolute atomic E-state index is 0.135. The summed E-state index contributed by atoms with van der Waals surface area (Å²) >= 11 is 0. The highest BCUT2D eigenvalue weighted by Gasteiger charge is 2.28. The number of carbonyl (C=O) groups is 1. The molecule has 110 valence electrons. The molecule has 0 aliphatic carbocycles. The first-order valence-electron chi connectivity index (χ1n) is 7.04. The number of halogens is 1. The molecule has 1 saturated heterocycles. The van der Waals surface area contributed by atoms with Gasteiger partial charge in [0.15, 0.2) is 0 Å². The third kappa shape index (κ3) is 2.66. The molecule has 0 spiro atoms. The van der Waals surface area contributed by atoms with Gasteiger partial charge in [0.25, 0.3) is 5.91 Å². The number of rotatable bonds is 2. The van der Waals surface area contributed by atoms with Crippen molar-refractivity contribution < 1.29 is 9.18 Å². The quantitative estimate of drug-likeness (QED) is 0.849. The molecule has 1 aliphatic heterocycles. The maximum atomic E-state index is 13.8. The van der Waals surface area contributed by atoms with Crippen molar-refractivity contribution in [2.45, 2.75) is 18.8 Å². The van der Waals surface area contributed by atoms with Gasteiger partial charge in [-0.3, -0.25) is 4.79 Å². The van der Waals surface area contributed by atoms with Crippen molar-refractivity contribution in [3.05, 3.63) is 47.8 Å². The van der Waals surface area contributed by atoms with Gasteiger partial charge in [-0.25, -0.2) is 4.39 Å². The van der Waals surface area contributed by atoms with E-state index in [-0.39, 0.29) is 17.4 Å². The zero-order valence-corrected chi connectivity index (χ0v) is 11.9. The summed E-state index contributed by atoms with van der Waals surface area (Å²) in [6, 6.07) is 6.12. The molecule has 1 aromatic heterocycles. The molecule has 1 unspecified atom stereocenters. The molecule has 0 bridgehead atoms. The van der Waals surface area contributed by atoms with Crippen LogP contribution in [0.5, 0.6) is 0 Å². The Hall–Kier alpha value is -2.24. The summed E-state index contributed by atoms with van der Waals surface area (Å²) in [6.45, 7) is 1.21. The number of piperidine rings is 1. The van der Waals surface area contributed by atoms with Crippen LogP contribution in [0.4, 0.5) is 4.39 Å². The van der Waals surface area contributed by atoms with Gasteiger partial charge < -0.3 is 9.47 Å². The van der Waals surface area contributed by atoms with E-state index in [9.17, 15) is 9.18 Å². The molecule has 6 heteroatoms. The van der Waals surface area contributed by atoms with Crippen LogP contribution in [-0.4, -0.2) is 38.7 Å². The highest BCUT2D eigenvalue weighted by atomic mass is 19.1. The first kappa shape index (κ1) is 13.7. The van der Waals surface area contributed by atoms with E-state index in [1.165, 1.54) is 12.1 Å². The second-order valence-electron chi connectivity index (χ2n) is 5.37. The van der Waals surface area contributed by atoms with E-state index in [0.29, 0.717) is 13.1 Å². The fourth-order valence-electron chi connectivity index (χ4n) is 2.84. The molecule has 5 nitrogen and oxygen atoms in total. The van der Waals surface area contributed by atoms with Crippen molar-refractivity contribution in [1.29, 1.82) is 0 Å². The molecular formula is C15H17FN4O. The number of hydrogen-bond acceptors (Lipinski definition) is 3. The molecule has 1 atom stereocenters. The molecule has 2 aromatic rings. The summed E-state index contributed by atoms with van der Waals surface area (Å²) in [5.41, 5.74) is 0.135. The molecule has 1 amide bonds. The maximum absolute atomic E-state index is 13.8. The van der Waals surface area contributed by atoms with Crippen LogP contribution in [0.3, 0.4) is 0 Å². The number of amides is 1. The van der Waals surface area contributed by atoms with Crippen LogP contribution in [0.1, 0.15) is 34.9 Å². The zero-order chi connectivity index (χ0) is 14.8. The average molecular weight is 288 g/mol. The van der Waals surface area contributed by atoms with E-state index in [1.54, 1.807) is 23.4 Å². The number of nitrogens with zero attached hydrogens (tertiary/aromatic N) is 4. The van der Waals surface area contributed by atoms with Crippen molar-refractivity contribution in [3.8, 4) is 0 Å². The minimum Gasteiger partial charge on any atom is -0.338 e. The predicted molar refractivity (Wildman–Crippen MR) is 75.3 cm³/mol. The Bertz CT molecular complexity index is 655. The zero-order valence-electron chi connectivity index (χ0n) is 11.9. The van der Waals surface area contributed by atoms with Gasteiger partial charge in [-0.1, -0.05) is 12.1 Å². The van der Waals surface area contributed by atoms with Crippen LogP contribution in [-0.2, 0) is 7.05 Å². The summed E-state index contributed by atoms with van der Waals surface area (Å²) in [4.78, 5) is 14.2. The minimum atomic E-state index is -0.469. The standard InChI is InChI=1S/C15H17FN4O/c1-19-10-17-18-14(19)11-5-4-8-20(9-11)15(21)12-6-2-3-7-13(12)16/h2-3,6-7,10-11H,4-5,8-9H2,1H3. The largest absolute Gasteiger partial charge is 0.338 e. The SMILES string of the molecule is Cn1cnnc1C1CCCN(C(=O)c2ccccc2F)C1. The lowest BCUT2D eigenvalue weighted by molar-refractivity contribution is 0.0698. The monoisotopic (exact) mass is 288 g/mol. The molecule has 1 fully saturated rings. The lowest BCUT2D eigenvalue weighted by Crippen LogP contribution is -2.40. The highest BCUT2D eigenvalue weighted by molar-refractivity contribution is 5.94. The van der Waals surface area contributed by atoms with Crippen LogP contribution >= 0.6 is 0 Å². The van der Waals surface area contributed by atoms with Crippen molar-refractivity contribution >= 4 is 5.91 Å². The van der Waals surface area contributed by atoms with E-state index in [0.717, 1.165) is 18.7 Å². The number of benzene rings is 1. The van der Waals surface area contributed by atoms with Gasteiger partial charge in [0.2, 0.25) is 0 Å². The molecule has 1 aromatic carbocycles. The summed E-state index contributed by atoms with van der Waals surface area (Å²) in [6.07, 6.45) is 3.51. The maximum Gasteiger partial charge on any atom is 0.256 e. The summed E-state index contributed by atoms with van der Waals surface area (Å²) in [5.74, 6) is 0.311. The molecule has 0 N–H and O–H groups in total. The Balaban J connectivity index is 1.79. The fourth-order valence-corrected chi connectivity index (χ4v) is 2.84. The topological polar surface area (TPSA) is 51.0 Å². The van der Waals surface area contributed by atoms with Crippen molar-refractivity contribution in [3.63, 3.8) is 0 Å². The van der Waals surface area contributed by atoms with E-state index in [1.807, 2.05) is 11.6 Å². The Labute approximate surface area is 122 Å². The van der Waals surface area contributed by atoms with Crippen LogP contribution in [0.25, 0.3) is 0 Å². The summed E-state index contributed by atoms with van der Waals surface area (Å²) in [7, 11) is 1.90. The van der Waals surface area contributed by atoms with Crippen LogP contribution in [0, 0.1) is 5.82 Å². The number of likely N-dealkylation sites (tertiary alicyclic amines) is 1. The Morgan fingerprint density at radius 1 is 1.38 bits per heavy atom. The molecule has 1 aliphatic rings. The van der Waals surface area contributed by atoms with E-state index in [4.69, 9.17) is 0 Å². The molecular weight excluding hydrogens is 271 g/mol. The van der Waals surface area contributed by atoms with E-state index in [2.05, 4.69) is 10.2 Å². The lowest BCUT2D eigenvalue weighted by Gasteiger charge is -2.32. The Morgan fingerprint density at radius 3 is 2.90 bits per heavy atom. The number of aromatic nitrogens is 3. The van der Waals surface area contributed by atoms with E-state index < -0.39 is 5.82 Å². The summed E-state index contributed by atoms with van der Waals surface area (Å²) in [5, 5.41) is 8.01. The second kappa shape index (κ2) is 5.63. The van der Waals surface area contributed by atoms with Crippen molar-refractivity contribution in [2.75, 3.05) is 13.1 Å². The van der Waals surface area contributed by atoms with Gasteiger partial charge in [0.05, 0.1) is 5.56 Å². The van der Waals surface area contributed by atoms with Gasteiger partial charge in [-0.05, 0) is 25.0 Å². The smallest absolute Gasteiger partial charge is 0.256 e. The first-order chi connectivity index (χ1) is 10.2. The lowest BCUT2D eigenvalue weighted by atomic mass is 9.96. The molecule has 3 rings (SSSR count). The van der Waals surface area contributed by atoms with Gasteiger partial charge in [-0.2, -0.15) is 0 Å². The van der Waals surface area contributed by atoms with E-state index >= 15 is 0 Å². The molecule has 2 heterocycles. The first-order valence-corrected chi connectivity index (χ1v) is 7.04. The third-order valence-electron chi connectivity index (χ3n) is 3.92. The van der Waals surface area contributed by atoms with Crippen LogP contribution < -0.4 is 0 Å². The molecule has 21 heavy (non-hydrogen) atoms. The molecule has 0 radical (unpaired) electrons. The summed E-state index contributed by atoms with van der Waals surface area (Å²) < 4.78 is 15.6. The Kier molecular flexibility index (Phi) is 3.68. The van der Waals surface area contributed by atoms with Gasteiger partial charge in [0.1, 0.15) is 18.0 Å². The highest BCUT2D eigenvalue weighted by Crippen LogP contribution is 2.26. The Morgan fingerprint density at radius 2 is 2.19 bits per heavy atom. The van der Waals surface area contributed by atoms with Crippen LogP contribution in [0.2, 0.25) is 0 Å². The third-order valence-corrected chi connectivity index (χ3v) is 3.92. The van der Waals surface area contributed by atoms with Crippen molar-refractivity contribution in [1.82, 2.24) is 19.7 Å². The van der Waals surface area contributed by atoms with Crippen LogP contribution in [0.15, 0.2) is 30.6 Å². The average Bonchev–Trinajstić information content (AvgIpc) is 2.93. The normalized spacial score (nSPS) is 18.8. The van der Waals surface area contributed by atoms with Gasteiger partial charge >= 0.3 is 0 Å².